The first kappa shape index (κ1) is 21.2. The molecule has 3 aromatic rings. The van der Waals surface area contributed by atoms with Crippen LogP contribution < -0.4 is 9.47 Å². The highest BCUT2D eigenvalue weighted by Gasteiger charge is 2.35. The van der Waals surface area contributed by atoms with E-state index in [1.54, 1.807) is 18.2 Å². The van der Waals surface area contributed by atoms with Crippen molar-refractivity contribution in [2.45, 2.75) is 20.0 Å². The van der Waals surface area contributed by atoms with E-state index in [9.17, 15) is 14.9 Å². The van der Waals surface area contributed by atoms with Crippen LogP contribution >= 0.6 is 11.6 Å². The Labute approximate surface area is 195 Å². The molecule has 0 bridgehead atoms. The van der Waals surface area contributed by atoms with E-state index in [2.05, 4.69) is 4.90 Å². The van der Waals surface area contributed by atoms with Gasteiger partial charge in [-0.3, -0.25) is 19.8 Å². The Morgan fingerprint density at radius 2 is 1.94 bits per heavy atom. The molecule has 0 spiro atoms. The third kappa shape index (κ3) is 3.97. The maximum Gasteiger partial charge on any atom is 0.269 e. The molecule has 2 aliphatic heterocycles. The lowest BCUT2D eigenvalue weighted by Crippen LogP contribution is -2.32. The number of carbonyl (C=O) groups is 1. The molecule has 0 N–H and O–H groups in total. The SMILES string of the molecule is Cc1cc2c(c3c1C(=O)/C(=C/c1ccc([N+](=O)[O-])cc1)O3)CN(Cc1ccccc1Cl)CO2. The van der Waals surface area contributed by atoms with Gasteiger partial charge in [-0.15, -0.1) is 0 Å². The lowest BCUT2D eigenvalue weighted by Gasteiger charge is -2.30. The van der Waals surface area contributed by atoms with E-state index in [1.165, 1.54) is 12.1 Å². The zero-order valence-electron chi connectivity index (χ0n) is 17.7. The van der Waals surface area contributed by atoms with E-state index in [1.807, 2.05) is 37.3 Å². The minimum absolute atomic E-state index is 0.0141. The number of fused-ring (bicyclic) bond motifs is 3. The number of nitrogens with zero attached hydrogens (tertiary/aromatic N) is 2. The average molecular weight is 463 g/mol. The van der Waals surface area contributed by atoms with Crippen LogP contribution in [0.5, 0.6) is 11.5 Å². The van der Waals surface area contributed by atoms with Crippen LogP contribution in [0.1, 0.15) is 32.6 Å². The summed E-state index contributed by atoms with van der Waals surface area (Å²) in [6.07, 6.45) is 1.60. The number of non-ortho nitro benzene ring substituents is 1. The number of benzene rings is 3. The lowest BCUT2D eigenvalue weighted by molar-refractivity contribution is -0.384. The number of allylic oxidation sites excluding steroid dienone is 1. The molecule has 0 aromatic heterocycles. The van der Waals surface area contributed by atoms with Crippen molar-refractivity contribution in [2.75, 3.05) is 6.73 Å². The van der Waals surface area contributed by atoms with Gasteiger partial charge in [-0.1, -0.05) is 29.8 Å². The fourth-order valence-corrected chi connectivity index (χ4v) is 4.28. The van der Waals surface area contributed by atoms with Crippen LogP contribution in [0.2, 0.25) is 5.02 Å². The number of halogens is 1. The predicted octanol–water partition coefficient (Wildman–Crippen LogP) is 5.52. The smallest absolute Gasteiger partial charge is 0.269 e. The van der Waals surface area contributed by atoms with Crippen molar-refractivity contribution in [1.82, 2.24) is 4.90 Å². The number of hydrogen-bond acceptors (Lipinski definition) is 6. The fraction of sp³-hybridized carbons (Fsp3) is 0.160. The maximum atomic E-state index is 13.1. The molecule has 7 nitrogen and oxygen atoms in total. The normalized spacial score (nSPS) is 16.2. The van der Waals surface area contributed by atoms with E-state index in [-0.39, 0.29) is 17.2 Å². The topological polar surface area (TPSA) is 81.9 Å². The van der Waals surface area contributed by atoms with Crippen LogP contribution in [-0.4, -0.2) is 22.3 Å². The molecule has 5 rings (SSSR count). The van der Waals surface area contributed by atoms with Gasteiger partial charge in [-0.2, -0.15) is 0 Å². The van der Waals surface area contributed by atoms with Crippen LogP contribution in [0.3, 0.4) is 0 Å². The van der Waals surface area contributed by atoms with Crippen molar-refractivity contribution < 1.29 is 19.2 Å². The minimum Gasteiger partial charge on any atom is -0.478 e. The quantitative estimate of drug-likeness (QED) is 0.288. The van der Waals surface area contributed by atoms with Gasteiger partial charge in [0.05, 0.1) is 16.1 Å². The van der Waals surface area contributed by atoms with Crippen LogP contribution in [0.15, 0.2) is 60.4 Å². The molecule has 0 atom stereocenters. The molecule has 0 unspecified atom stereocenters. The number of ketones is 1. The predicted molar refractivity (Wildman–Crippen MR) is 123 cm³/mol. The van der Waals surface area contributed by atoms with Gasteiger partial charge in [0.1, 0.15) is 18.2 Å². The van der Waals surface area contributed by atoms with Gasteiger partial charge in [0.25, 0.3) is 5.69 Å². The van der Waals surface area contributed by atoms with Gasteiger partial charge in [0.15, 0.2) is 5.76 Å². The minimum atomic E-state index is -0.464. The van der Waals surface area contributed by atoms with Gasteiger partial charge in [0.2, 0.25) is 5.78 Å². The molecule has 8 heteroatoms. The Morgan fingerprint density at radius 1 is 1.18 bits per heavy atom. The van der Waals surface area contributed by atoms with Gasteiger partial charge >= 0.3 is 0 Å². The van der Waals surface area contributed by atoms with Crippen molar-refractivity contribution in [2.24, 2.45) is 0 Å². The molecule has 0 saturated carbocycles. The number of hydrogen-bond donors (Lipinski definition) is 0. The van der Waals surface area contributed by atoms with Crippen LogP contribution in [0.4, 0.5) is 5.69 Å². The first-order valence-corrected chi connectivity index (χ1v) is 10.7. The summed E-state index contributed by atoms with van der Waals surface area (Å²) >= 11 is 6.32. The van der Waals surface area contributed by atoms with Crippen molar-refractivity contribution >= 4 is 29.1 Å². The van der Waals surface area contributed by atoms with Gasteiger partial charge in [-0.05, 0) is 54.0 Å². The van der Waals surface area contributed by atoms with Gasteiger partial charge in [0, 0.05) is 30.2 Å². The van der Waals surface area contributed by atoms with Gasteiger partial charge in [-0.25, -0.2) is 0 Å². The summed E-state index contributed by atoms with van der Waals surface area (Å²) in [5.74, 6) is 1.17. The Morgan fingerprint density at radius 3 is 2.67 bits per heavy atom. The zero-order valence-corrected chi connectivity index (χ0v) is 18.5. The second-order valence-corrected chi connectivity index (χ2v) is 8.42. The highest BCUT2D eigenvalue weighted by Crippen LogP contribution is 2.44. The summed E-state index contributed by atoms with van der Waals surface area (Å²) in [5.41, 5.74) is 3.73. The maximum absolute atomic E-state index is 13.1. The van der Waals surface area contributed by atoms with Crippen molar-refractivity contribution in [1.29, 1.82) is 0 Å². The molecule has 0 amide bonds. The van der Waals surface area contributed by atoms with Crippen molar-refractivity contribution in [3.05, 3.63) is 103 Å². The van der Waals surface area contributed by atoms with Crippen LogP contribution in [0.25, 0.3) is 6.08 Å². The van der Waals surface area contributed by atoms with Crippen LogP contribution in [0, 0.1) is 17.0 Å². The zero-order chi connectivity index (χ0) is 23.1. The van der Waals surface area contributed by atoms with Crippen molar-refractivity contribution in [3.63, 3.8) is 0 Å². The molecule has 3 aromatic carbocycles. The summed E-state index contributed by atoms with van der Waals surface area (Å²) in [5, 5.41) is 11.6. The number of aryl methyl sites for hydroxylation is 1. The summed E-state index contributed by atoms with van der Waals surface area (Å²) < 4.78 is 12.0. The van der Waals surface area contributed by atoms with E-state index in [0.29, 0.717) is 47.5 Å². The van der Waals surface area contributed by atoms with Gasteiger partial charge < -0.3 is 9.47 Å². The van der Waals surface area contributed by atoms with E-state index < -0.39 is 4.92 Å². The third-order valence-electron chi connectivity index (χ3n) is 5.74. The molecule has 33 heavy (non-hydrogen) atoms. The molecule has 0 radical (unpaired) electrons. The molecule has 2 heterocycles. The Bertz CT molecular complexity index is 1320. The molecule has 2 aliphatic rings. The molecule has 0 saturated heterocycles. The molecule has 0 aliphatic carbocycles. The van der Waals surface area contributed by atoms with Crippen LogP contribution in [-0.2, 0) is 13.1 Å². The summed E-state index contributed by atoms with van der Waals surface area (Å²) in [6, 6.07) is 15.5. The standard InChI is InChI=1S/C25H19ClN2O5/c1-15-10-21-19(13-27(14-32-21)12-17-4-2-3-5-20(17)26)25-23(15)24(29)22(33-25)11-16-6-8-18(9-7-16)28(30)31/h2-11H,12-14H2,1H3/b22-11-. The first-order chi connectivity index (χ1) is 15.9. The van der Waals surface area contributed by atoms with E-state index in [4.69, 9.17) is 21.1 Å². The van der Waals surface area contributed by atoms with E-state index >= 15 is 0 Å². The number of rotatable bonds is 4. The fourth-order valence-electron chi connectivity index (χ4n) is 4.09. The average Bonchev–Trinajstić information content (AvgIpc) is 3.13. The largest absolute Gasteiger partial charge is 0.478 e. The molecular formula is C25H19ClN2O5. The number of nitro groups is 1. The number of carbonyl (C=O) groups excluding carboxylic acids is 1. The monoisotopic (exact) mass is 462 g/mol. The lowest BCUT2D eigenvalue weighted by atomic mass is 9.98. The number of ether oxygens (including phenoxy) is 2. The Hall–Kier alpha value is -3.68. The highest BCUT2D eigenvalue weighted by atomic mass is 35.5. The van der Waals surface area contributed by atoms with E-state index in [0.717, 1.165) is 16.7 Å². The summed E-state index contributed by atoms with van der Waals surface area (Å²) in [7, 11) is 0. The number of Topliss-reactive ketones (excluding diaryl/α,β-unsaturated/α-hetero) is 1. The molecular weight excluding hydrogens is 444 g/mol. The highest BCUT2D eigenvalue weighted by molar-refractivity contribution is 6.31. The second-order valence-electron chi connectivity index (χ2n) is 8.01. The molecule has 166 valence electrons. The second kappa shape index (κ2) is 8.35. The summed E-state index contributed by atoms with van der Waals surface area (Å²) in [4.78, 5) is 25.6. The molecule has 0 fully saturated rings. The first-order valence-electron chi connectivity index (χ1n) is 10.3. The Kier molecular flexibility index (Phi) is 5.36. The number of nitro benzene ring substituents is 1. The third-order valence-corrected chi connectivity index (χ3v) is 6.11. The Balaban J connectivity index is 1.45. The van der Waals surface area contributed by atoms with Crippen molar-refractivity contribution in [3.8, 4) is 11.5 Å². The summed E-state index contributed by atoms with van der Waals surface area (Å²) in [6.45, 7) is 3.40.